The molecule has 6 heteroatoms. The van der Waals surface area contributed by atoms with Crippen molar-refractivity contribution in [1.82, 2.24) is 9.97 Å². The maximum atomic E-state index is 7.35. The van der Waals surface area contributed by atoms with Crippen molar-refractivity contribution in [3.05, 3.63) is 48.0 Å². The number of amidine groups is 2. The third kappa shape index (κ3) is 2.32. The van der Waals surface area contributed by atoms with Crippen molar-refractivity contribution in [2.24, 2.45) is 11.5 Å². The van der Waals surface area contributed by atoms with E-state index in [4.69, 9.17) is 22.3 Å². The van der Waals surface area contributed by atoms with Crippen LogP contribution in [0.4, 0.5) is 0 Å². The molecule has 0 aliphatic heterocycles. The summed E-state index contributed by atoms with van der Waals surface area (Å²) in [5.74, 6) is -0.171. The summed E-state index contributed by atoms with van der Waals surface area (Å²) in [4.78, 5) is 7.98. The number of rotatable bonds is 3. The van der Waals surface area contributed by atoms with Gasteiger partial charge in [-0.3, -0.25) is 20.8 Å². The number of pyridine rings is 2. The Balaban J connectivity index is 2.48. The Morgan fingerprint density at radius 1 is 0.833 bits per heavy atom. The Morgan fingerprint density at radius 3 is 1.56 bits per heavy atom. The number of nitrogen functional groups attached to an aromatic ring is 2. The fourth-order valence-corrected chi connectivity index (χ4v) is 1.51. The Labute approximate surface area is 104 Å². The lowest BCUT2D eigenvalue weighted by atomic mass is 10.1. The van der Waals surface area contributed by atoms with Gasteiger partial charge in [0, 0.05) is 12.4 Å². The van der Waals surface area contributed by atoms with Crippen LogP contribution >= 0.6 is 0 Å². The lowest BCUT2D eigenvalue weighted by Gasteiger charge is -2.05. The molecule has 90 valence electrons. The minimum absolute atomic E-state index is 0.0855. The molecule has 0 aliphatic carbocycles. The maximum Gasteiger partial charge on any atom is 0.141 e. The average molecular weight is 240 g/mol. The Kier molecular flexibility index (Phi) is 3.01. The first-order chi connectivity index (χ1) is 8.58. The predicted octanol–water partition coefficient (Wildman–Crippen LogP) is 0.712. The molecule has 0 atom stereocenters. The second-order valence-corrected chi connectivity index (χ2v) is 3.69. The van der Waals surface area contributed by atoms with E-state index in [0.29, 0.717) is 11.4 Å². The van der Waals surface area contributed by atoms with Crippen LogP contribution in [-0.2, 0) is 0 Å². The maximum absolute atomic E-state index is 7.35. The van der Waals surface area contributed by atoms with Crippen LogP contribution in [0.1, 0.15) is 11.4 Å². The van der Waals surface area contributed by atoms with Crippen LogP contribution in [0.25, 0.3) is 11.1 Å². The first-order valence-electron chi connectivity index (χ1n) is 5.19. The quantitative estimate of drug-likeness (QED) is 0.465. The summed E-state index contributed by atoms with van der Waals surface area (Å²) in [5, 5.41) is 14.7. The summed E-state index contributed by atoms with van der Waals surface area (Å²) in [6.07, 6.45) is 3.17. The van der Waals surface area contributed by atoms with Gasteiger partial charge in [-0.2, -0.15) is 0 Å². The van der Waals surface area contributed by atoms with Gasteiger partial charge >= 0.3 is 0 Å². The molecule has 2 aromatic heterocycles. The van der Waals surface area contributed by atoms with Gasteiger partial charge < -0.3 is 11.5 Å². The molecule has 0 fully saturated rings. The molecule has 0 aromatic carbocycles. The largest absolute Gasteiger partial charge is 0.382 e. The minimum Gasteiger partial charge on any atom is -0.382 e. The van der Waals surface area contributed by atoms with E-state index < -0.39 is 0 Å². The number of hydrogen-bond donors (Lipinski definition) is 4. The highest BCUT2D eigenvalue weighted by Gasteiger charge is 2.05. The van der Waals surface area contributed by atoms with Crippen molar-refractivity contribution in [2.45, 2.75) is 0 Å². The highest BCUT2D eigenvalue weighted by molar-refractivity contribution is 5.95. The number of hydrogen-bond acceptors (Lipinski definition) is 4. The van der Waals surface area contributed by atoms with Gasteiger partial charge in [0.2, 0.25) is 0 Å². The highest BCUT2D eigenvalue weighted by Crippen LogP contribution is 2.19. The second-order valence-electron chi connectivity index (χ2n) is 3.69. The van der Waals surface area contributed by atoms with Crippen molar-refractivity contribution in [3.63, 3.8) is 0 Å². The molecular formula is C12H12N6. The summed E-state index contributed by atoms with van der Waals surface area (Å²) in [6.45, 7) is 0. The van der Waals surface area contributed by atoms with Gasteiger partial charge in [0.15, 0.2) is 0 Å². The van der Waals surface area contributed by atoms with Crippen LogP contribution in [-0.4, -0.2) is 21.6 Å². The van der Waals surface area contributed by atoms with Crippen LogP contribution in [0.2, 0.25) is 0 Å². The monoisotopic (exact) mass is 240 g/mol. The van der Waals surface area contributed by atoms with Gasteiger partial charge in [-0.25, -0.2) is 0 Å². The van der Waals surface area contributed by atoms with E-state index >= 15 is 0 Å². The normalized spacial score (nSPS) is 10.0. The Hall–Kier alpha value is -2.76. The first-order valence-corrected chi connectivity index (χ1v) is 5.19. The molecule has 0 bridgehead atoms. The topological polar surface area (TPSA) is 126 Å². The highest BCUT2D eigenvalue weighted by atomic mass is 14.8. The van der Waals surface area contributed by atoms with Crippen LogP contribution in [0.3, 0.4) is 0 Å². The van der Waals surface area contributed by atoms with E-state index in [1.54, 1.807) is 36.7 Å². The fraction of sp³-hybridized carbons (Fsp3) is 0. The minimum atomic E-state index is -0.0855. The Bertz CT molecular complexity index is 564. The van der Waals surface area contributed by atoms with Gasteiger partial charge in [-0.05, 0) is 35.4 Å². The SMILES string of the molecule is N=C(N)c1cc(-c2ccnc(C(=N)N)c2)ccn1. The number of aromatic nitrogens is 2. The first kappa shape index (κ1) is 11.7. The zero-order chi connectivity index (χ0) is 13.1. The summed E-state index contributed by atoms with van der Waals surface area (Å²) < 4.78 is 0. The third-order valence-corrected chi connectivity index (χ3v) is 2.41. The summed E-state index contributed by atoms with van der Waals surface area (Å²) in [6, 6.07) is 7.01. The average Bonchev–Trinajstić information content (AvgIpc) is 2.39. The van der Waals surface area contributed by atoms with Crippen LogP contribution in [0, 0.1) is 10.8 Å². The molecule has 2 heterocycles. The summed E-state index contributed by atoms with van der Waals surface area (Å²) in [5.41, 5.74) is 13.3. The smallest absolute Gasteiger partial charge is 0.141 e. The van der Waals surface area contributed by atoms with Crippen molar-refractivity contribution >= 4 is 11.7 Å². The molecule has 0 aliphatic rings. The van der Waals surface area contributed by atoms with Gasteiger partial charge in [0.05, 0.1) is 0 Å². The van der Waals surface area contributed by atoms with Crippen molar-refractivity contribution in [3.8, 4) is 11.1 Å². The lowest BCUT2D eigenvalue weighted by Crippen LogP contribution is -2.13. The molecule has 0 spiro atoms. The molecule has 6 N–H and O–H groups in total. The van der Waals surface area contributed by atoms with E-state index in [9.17, 15) is 0 Å². The molecule has 0 saturated carbocycles. The summed E-state index contributed by atoms with van der Waals surface area (Å²) >= 11 is 0. The zero-order valence-electron chi connectivity index (χ0n) is 9.51. The van der Waals surface area contributed by atoms with E-state index in [2.05, 4.69) is 9.97 Å². The molecule has 18 heavy (non-hydrogen) atoms. The van der Waals surface area contributed by atoms with Crippen LogP contribution in [0.15, 0.2) is 36.7 Å². The van der Waals surface area contributed by atoms with Crippen molar-refractivity contribution in [2.75, 3.05) is 0 Å². The Morgan fingerprint density at radius 2 is 1.22 bits per heavy atom. The number of nitrogens with two attached hydrogens (primary N) is 2. The predicted molar refractivity (Wildman–Crippen MR) is 69.5 cm³/mol. The zero-order valence-corrected chi connectivity index (χ0v) is 9.51. The van der Waals surface area contributed by atoms with Crippen LogP contribution < -0.4 is 11.5 Å². The molecule has 0 amide bonds. The third-order valence-electron chi connectivity index (χ3n) is 2.41. The van der Waals surface area contributed by atoms with Crippen molar-refractivity contribution in [1.29, 1.82) is 10.8 Å². The molecule has 0 radical (unpaired) electrons. The summed E-state index contributed by atoms with van der Waals surface area (Å²) in [7, 11) is 0. The lowest BCUT2D eigenvalue weighted by molar-refractivity contribution is 1.24. The van der Waals surface area contributed by atoms with E-state index in [-0.39, 0.29) is 11.7 Å². The van der Waals surface area contributed by atoms with E-state index in [1.165, 1.54) is 0 Å². The van der Waals surface area contributed by atoms with Crippen molar-refractivity contribution < 1.29 is 0 Å². The molecule has 6 nitrogen and oxygen atoms in total. The fourth-order valence-electron chi connectivity index (χ4n) is 1.51. The molecule has 2 rings (SSSR count). The van der Waals surface area contributed by atoms with E-state index in [0.717, 1.165) is 11.1 Å². The molecule has 0 unspecified atom stereocenters. The standard InChI is InChI=1S/C12H12N6/c13-11(14)9-5-7(1-3-17-9)8-2-4-18-10(6-8)12(15)16/h1-6H,(H3,13,14)(H3,15,16). The number of nitrogens with zero attached hydrogens (tertiary/aromatic N) is 2. The van der Waals surface area contributed by atoms with Gasteiger partial charge in [0.25, 0.3) is 0 Å². The molecule has 2 aromatic rings. The van der Waals surface area contributed by atoms with Gasteiger partial charge in [0.1, 0.15) is 23.1 Å². The van der Waals surface area contributed by atoms with Crippen LogP contribution in [0.5, 0.6) is 0 Å². The van der Waals surface area contributed by atoms with E-state index in [1.807, 2.05) is 0 Å². The number of nitrogens with one attached hydrogen (secondary N) is 2. The molecular weight excluding hydrogens is 228 g/mol. The van der Waals surface area contributed by atoms with Gasteiger partial charge in [-0.15, -0.1) is 0 Å². The van der Waals surface area contributed by atoms with Gasteiger partial charge in [-0.1, -0.05) is 0 Å². The molecule has 0 saturated heterocycles. The second kappa shape index (κ2) is 4.62.